The average molecular weight is 248 g/mol. The molecule has 2 aliphatic heterocycles. The summed E-state index contributed by atoms with van der Waals surface area (Å²) in [6.45, 7) is 6.80. The standard InChI is InChI=1S/C16H28N2/c1-2-6-15(7-3-1)14-17-12-8-16(9-13-17)18-10-4-5-11-18/h1-2,15-16H,3-14H2. The van der Waals surface area contributed by atoms with Gasteiger partial charge < -0.3 is 9.80 Å². The van der Waals surface area contributed by atoms with Crippen molar-refractivity contribution in [3.05, 3.63) is 12.2 Å². The van der Waals surface area contributed by atoms with Gasteiger partial charge in [-0.1, -0.05) is 12.2 Å². The molecule has 1 unspecified atom stereocenters. The van der Waals surface area contributed by atoms with Gasteiger partial charge in [-0.2, -0.15) is 0 Å². The lowest BCUT2D eigenvalue weighted by atomic mass is 9.93. The van der Waals surface area contributed by atoms with E-state index < -0.39 is 0 Å². The predicted molar refractivity (Wildman–Crippen MR) is 76.8 cm³/mol. The van der Waals surface area contributed by atoms with Gasteiger partial charge in [0.15, 0.2) is 0 Å². The lowest BCUT2D eigenvalue weighted by Crippen LogP contribution is -2.45. The van der Waals surface area contributed by atoms with Gasteiger partial charge >= 0.3 is 0 Å². The van der Waals surface area contributed by atoms with Gasteiger partial charge in [-0.3, -0.25) is 0 Å². The normalized spacial score (nSPS) is 32.1. The monoisotopic (exact) mass is 248 g/mol. The molecule has 3 aliphatic rings. The van der Waals surface area contributed by atoms with E-state index in [-0.39, 0.29) is 0 Å². The summed E-state index contributed by atoms with van der Waals surface area (Å²) in [4.78, 5) is 5.48. The second kappa shape index (κ2) is 6.21. The molecule has 1 atom stereocenters. The van der Waals surface area contributed by atoms with Crippen LogP contribution in [0.1, 0.15) is 44.9 Å². The third kappa shape index (κ3) is 3.16. The smallest absolute Gasteiger partial charge is 0.0120 e. The molecule has 0 amide bonds. The minimum absolute atomic E-state index is 0.912. The van der Waals surface area contributed by atoms with Crippen LogP contribution in [-0.4, -0.2) is 48.6 Å². The molecule has 2 nitrogen and oxygen atoms in total. The first kappa shape index (κ1) is 12.7. The summed E-state index contributed by atoms with van der Waals surface area (Å²) in [6.07, 6.45) is 14.5. The minimum atomic E-state index is 0.912. The molecular weight excluding hydrogens is 220 g/mol. The average Bonchev–Trinajstić information content (AvgIpc) is 2.95. The molecule has 0 bridgehead atoms. The van der Waals surface area contributed by atoms with E-state index in [1.807, 2.05) is 0 Å². The quantitative estimate of drug-likeness (QED) is 0.709. The highest BCUT2D eigenvalue weighted by Gasteiger charge is 2.27. The van der Waals surface area contributed by atoms with Crippen molar-refractivity contribution >= 4 is 0 Å². The van der Waals surface area contributed by atoms with Gasteiger partial charge in [-0.25, -0.2) is 0 Å². The van der Waals surface area contributed by atoms with Gasteiger partial charge in [-0.15, -0.1) is 0 Å². The second-order valence-corrected chi connectivity index (χ2v) is 6.43. The van der Waals surface area contributed by atoms with Crippen LogP contribution in [0.3, 0.4) is 0 Å². The lowest BCUT2D eigenvalue weighted by molar-refractivity contribution is 0.113. The molecule has 0 spiro atoms. The van der Waals surface area contributed by atoms with Crippen molar-refractivity contribution in [1.29, 1.82) is 0 Å². The van der Waals surface area contributed by atoms with Crippen LogP contribution in [0, 0.1) is 5.92 Å². The zero-order valence-corrected chi connectivity index (χ0v) is 11.7. The van der Waals surface area contributed by atoms with Crippen molar-refractivity contribution in [2.24, 2.45) is 5.92 Å². The fourth-order valence-electron chi connectivity index (χ4n) is 3.96. The Morgan fingerprint density at radius 2 is 1.67 bits per heavy atom. The Bertz CT molecular complexity index is 273. The molecule has 0 saturated carbocycles. The Balaban J connectivity index is 1.40. The molecule has 0 aromatic rings. The van der Waals surface area contributed by atoms with Gasteiger partial charge in [0, 0.05) is 12.6 Å². The van der Waals surface area contributed by atoms with Crippen molar-refractivity contribution in [2.45, 2.75) is 51.0 Å². The molecule has 0 aromatic carbocycles. The Kier molecular flexibility index (Phi) is 4.37. The van der Waals surface area contributed by atoms with E-state index in [9.17, 15) is 0 Å². The number of piperidine rings is 1. The molecule has 2 fully saturated rings. The topological polar surface area (TPSA) is 6.48 Å². The molecule has 0 radical (unpaired) electrons. The van der Waals surface area contributed by atoms with Crippen LogP contribution in [0.5, 0.6) is 0 Å². The molecule has 2 heterocycles. The van der Waals surface area contributed by atoms with Crippen LogP contribution >= 0.6 is 0 Å². The maximum Gasteiger partial charge on any atom is 0.0120 e. The zero-order chi connectivity index (χ0) is 12.2. The summed E-state index contributed by atoms with van der Waals surface area (Å²) in [5, 5.41) is 0. The maximum absolute atomic E-state index is 2.75. The van der Waals surface area contributed by atoms with Gasteiger partial charge in [0.25, 0.3) is 0 Å². The van der Waals surface area contributed by atoms with Crippen molar-refractivity contribution in [2.75, 3.05) is 32.7 Å². The fourth-order valence-corrected chi connectivity index (χ4v) is 3.96. The van der Waals surface area contributed by atoms with E-state index in [0.29, 0.717) is 0 Å². The van der Waals surface area contributed by atoms with Crippen molar-refractivity contribution in [3.63, 3.8) is 0 Å². The summed E-state index contributed by atoms with van der Waals surface area (Å²) >= 11 is 0. The van der Waals surface area contributed by atoms with Crippen LogP contribution in [0.4, 0.5) is 0 Å². The van der Waals surface area contributed by atoms with E-state index in [2.05, 4.69) is 22.0 Å². The van der Waals surface area contributed by atoms with E-state index in [1.165, 1.54) is 77.7 Å². The molecule has 102 valence electrons. The van der Waals surface area contributed by atoms with Gasteiger partial charge in [0.2, 0.25) is 0 Å². The Morgan fingerprint density at radius 1 is 0.889 bits per heavy atom. The van der Waals surface area contributed by atoms with Crippen LogP contribution in [0.25, 0.3) is 0 Å². The summed E-state index contributed by atoms with van der Waals surface area (Å²) in [7, 11) is 0. The molecule has 3 rings (SSSR count). The van der Waals surface area contributed by atoms with Gasteiger partial charge in [-0.05, 0) is 77.0 Å². The van der Waals surface area contributed by atoms with Crippen LogP contribution < -0.4 is 0 Å². The number of rotatable bonds is 3. The first-order chi connectivity index (χ1) is 8.92. The Hall–Kier alpha value is -0.340. The number of likely N-dealkylation sites (tertiary alicyclic amines) is 2. The first-order valence-electron chi connectivity index (χ1n) is 8.03. The maximum atomic E-state index is 2.75. The lowest BCUT2D eigenvalue weighted by Gasteiger charge is -2.38. The zero-order valence-electron chi connectivity index (χ0n) is 11.7. The third-order valence-corrected chi connectivity index (χ3v) is 5.11. The van der Waals surface area contributed by atoms with Gasteiger partial charge in [0.05, 0.1) is 0 Å². The third-order valence-electron chi connectivity index (χ3n) is 5.11. The van der Waals surface area contributed by atoms with E-state index in [0.717, 1.165) is 12.0 Å². The summed E-state index contributed by atoms with van der Waals surface area (Å²) in [5.41, 5.74) is 0. The largest absolute Gasteiger partial charge is 0.303 e. The number of allylic oxidation sites excluding steroid dienone is 2. The molecule has 18 heavy (non-hydrogen) atoms. The SMILES string of the molecule is C1=CCC(CN2CCC(N3CCCC3)CC2)CC1. The number of nitrogens with zero attached hydrogens (tertiary/aromatic N) is 2. The predicted octanol–water partition coefficient (Wildman–Crippen LogP) is 2.90. The molecule has 2 saturated heterocycles. The summed E-state index contributed by atoms with van der Waals surface area (Å²) < 4.78 is 0. The first-order valence-corrected chi connectivity index (χ1v) is 8.03. The Labute approximate surface area is 112 Å². The van der Waals surface area contributed by atoms with Crippen molar-refractivity contribution < 1.29 is 0 Å². The van der Waals surface area contributed by atoms with Crippen LogP contribution in [0.2, 0.25) is 0 Å². The Morgan fingerprint density at radius 3 is 2.33 bits per heavy atom. The molecule has 0 aromatic heterocycles. The van der Waals surface area contributed by atoms with Crippen LogP contribution in [0.15, 0.2) is 12.2 Å². The second-order valence-electron chi connectivity index (χ2n) is 6.43. The summed E-state index contributed by atoms with van der Waals surface area (Å²) in [5.74, 6) is 0.943. The highest BCUT2D eigenvalue weighted by molar-refractivity contribution is 4.91. The van der Waals surface area contributed by atoms with E-state index >= 15 is 0 Å². The highest BCUT2D eigenvalue weighted by atomic mass is 15.2. The van der Waals surface area contributed by atoms with Crippen molar-refractivity contribution in [3.8, 4) is 0 Å². The van der Waals surface area contributed by atoms with Gasteiger partial charge in [0.1, 0.15) is 0 Å². The molecule has 2 heteroatoms. The minimum Gasteiger partial charge on any atom is -0.303 e. The van der Waals surface area contributed by atoms with Crippen LogP contribution in [-0.2, 0) is 0 Å². The molecule has 1 aliphatic carbocycles. The van der Waals surface area contributed by atoms with E-state index in [1.54, 1.807) is 0 Å². The fraction of sp³-hybridized carbons (Fsp3) is 0.875. The number of hydrogen-bond donors (Lipinski definition) is 0. The summed E-state index contributed by atoms with van der Waals surface area (Å²) in [6, 6.07) is 0.912. The van der Waals surface area contributed by atoms with E-state index in [4.69, 9.17) is 0 Å². The number of hydrogen-bond acceptors (Lipinski definition) is 2. The molecule has 0 N–H and O–H groups in total. The highest BCUT2D eigenvalue weighted by Crippen LogP contribution is 2.24. The van der Waals surface area contributed by atoms with Crippen molar-refractivity contribution in [1.82, 2.24) is 9.80 Å². The molecular formula is C16H28N2.